The molecule has 1 aliphatic rings. The van der Waals surface area contributed by atoms with E-state index in [0.717, 1.165) is 24.3 Å². The van der Waals surface area contributed by atoms with E-state index in [1.165, 1.54) is 0 Å². The van der Waals surface area contributed by atoms with E-state index in [1.807, 2.05) is 6.07 Å². The van der Waals surface area contributed by atoms with Crippen molar-refractivity contribution < 1.29 is 15.0 Å². The Morgan fingerprint density at radius 3 is 2.94 bits per heavy atom. The van der Waals surface area contributed by atoms with Crippen LogP contribution in [0.5, 0.6) is 5.75 Å². The topological polar surface area (TPSA) is 60.8 Å². The highest BCUT2D eigenvalue weighted by Gasteiger charge is 2.28. The lowest BCUT2D eigenvalue weighted by Crippen LogP contribution is -2.21. The van der Waals surface area contributed by atoms with E-state index in [1.54, 1.807) is 12.1 Å². The standard InChI is InChI=1S/C13H17NO3/c1-2-14-8-9(3-6-13(16)17)11-7-10(15)4-5-12(11)14/h4-5,7,9,15H,2-3,6,8H2,1H3,(H,16,17). The number of phenolic OH excluding ortho intramolecular Hbond substituents is 1. The number of aromatic hydroxyl groups is 1. The molecule has 1 heterocycles. The molecule has 0 amide bonds. The molecule has 0 spiro atoms. The van der Waals surface area contributed by atoms with Crippen molar-refractivity contribution in [2.75, 3.05) is 18.0 Å². The zero-order valence-corrected chi connectivity index (χ0v) is 9.89. The number of rotatable bonds is 4. The number of benzene rings is 1. The van der Waals surface area contributed by atoms with Crippen molar-refractivity contribution in [3.05, 3.63) is 23.8 Å². The number of nitrogens with zero attached hydrogens (tertiary/aromatic N) is 1. The van der Waals surface area contributed by atoms with Crippen LogP contribution >= 0.6 is 0 Å². The number of carbonyl (C=O) groups is 1. The minimum absolute atomic E-state index is 0.178. The number of fused-ring (bicyclic) bond motifs is 1. The quantitative estimate of drug-likeness (QED) is 0.839. The van der Waals surface area contributed by atoms with Gasteiger partial charge in [-0.15, -0.1) is 0 Å². The van der Waals surface area contributed by atoms with Gasteiger partial charge in [0.15, 0.2) is 0 Å². The Morgan fingerprint density at radius 1 is 1.53 bits per heavy atom. The summed E-state index contributed by atoms with van der Waals surface area (Å²) < 4.78 is 0. The molecule has 1 unspecified atom stereocenters. The van der Waals surface area contributed by atoms with Gasteiger partial charge in [-0.2, -0.15) is 0 Å². The van der Waals surface area contributed by atoms with Crippen molar-refractivity contribution in [3.63, 3.8) is 0 Å². The summed E-state index contributed by atoms with van der Waals surface area (Å²) >= 11 is 0. The summed E-state index contributed by atoms with van der Waals surface area (Å²) in [5.74, 6) is -0.295. The molecule has 0 saturated heterocycles. The van der Waals surface area contributed by atoms with Crippen molar-refractivity contribution >= 4 is 11.7 Å². The Kier molecular flexibility index (Phi) is 3.22. The second kappa shape index (κ2) is 4.65. The van der Waals surface area contributed by atoms with Crippen molar-refractivity contribution in [3.8, 4) is 5.75 Å². The number of aliphatic carboxylic acids is 1. The molecule has 2 N–H and O–H groups in total. The number of anilines is 1. The first kappa shape index (κ1) is 11.8. The molecule has 4 heteroatoms. The molecule has 0 saturated carbocycles. The molecule has 1 aliphatic heterocycles. The van der Waals surface area contributed by atoms with E-state index in [4.69, 9.17) is 5.11 Å². The first-order valence-electron chi connectivity index (χ1n) is 5.91. The molecule has 1 atom stereocenters. The summed E-state index contributed by atoms with van der Waals surface area (Å²) in [7, 11) is 0. The second-order valence-electron chi connectivity index (χ2n) is 4.41. The molecule has 17 heavy (non-hydrogen) atoms. The summed E-state index contributed by atoms with van der Waals surface area (Å²) in [6, 6.07) is 5.35. The van der Waals surface area contributed by atoms with Gasteiger partial charge < -0.3 is 15.1 Å². The van der Waals surface area contributed by atoms with E-state index in [-0.39, 0.29) is 18.1 Å². The van der Waals surface area contributed by atoms with Gasteiger partial charge in [-0.1, -0.05) is 0 Å². The van der Waals surface area contributed by atoms with Crippen molar-refractivity contribution in [1.29, 1.82) is 0 Å². The van der Waals surface area contributed by atoms with Crippen LogP contribution in [0, 0.1) is 0 Å². The predicted octanol–water partition coefficient (Wildman–Crippen LogP) is 2.18. The Bertz CT molecular complexity index is 431. The van der Waals surface area contributed by atoms with Crippen LogP contribution in [0.3, 0.4) is 0 Å². The van der Waals surface area contributed by atoms with Crippen molar-refractivity contribution in [2.45, 2.75) is 25.7 Å². The van der Waals surface area contributed by atoms with E-state index >= 15 is 0 Å². The van der Waals surface area contributed by atoms with Crippen LogP contribution in [0.15, 0.2) is 18.2 Å². The monoisotopic (exact) mass is 235 g/mol. The Balaban J connectivity index is 2.22. The number of hydrogen-bond acceptors (Lipinski definition) is 3. The first-order valence-corrected chi connectivity index (χ1v) is 5.91. The van der Waals surface area contributed by atoms with Crippen LogP contribution < -0.4 is 4.90 Å². The van der Waals surface area contributed by atoms with Gasteiger partial charge in [0.1, 0.15) is 5.75 Å². The van der Waals surface area contributed by atoms with Gasteiger partial charge in [0.05, 0.1) is 0 Å². The molecule has 4 nitrogen and oxygen atoms in total. The van der Waals surface area contributed by atoms with Crippen molar-refractivity contribution in [2.24, 2.45) is 0 Å². The number of phenols is 1. The van der Waals surface area contributed by atoms with Gasteiger partial charge in [0.2, 0.25) is 0 Å². The minimum Gasteiger partial charge on any atom is -0.508 e. The van der Waals surface area contributed by atoms with E-state index in [9.17, 15) is 9.90 Å². The Morgan fingerprint density at radius 2 is 2.29 bits per heavy atom. The molecular weight excluding hydrogens is 218 g/mol. The molecule has 2 rings (SSSR count). The number of likely N-dealkylation sites (N-methyl/N-ethyl adjacent to an activating group) is 1. The van der Waals surface area contributed by atoms with E-state index in [2.05, 4.69) is 11.8 Å². The molecule has 1 aromatic rings. The number of hydrogen-bond donors (Lipinski definition) is 2. The largest absolute Gasteiger partial charge is 0.508 e. The summed E-state index contributed by atoms with van der Waals surface area (Å²) in [5, 5.41) is 18.3. The highest BCUT2D eigenvalue weighted by Crippen LogP contribution is 2.40. The fourth-order valence-corrected chi connectivity index (χ4v) is 2.46. The number of carboxylic acids is 1. The average molecular weight is 235 g/mol. The second-order valence-corrected chi connectivity index (χ2v) is 4.41. The maximum atomic E-state index is 10.6. The molecule has 0 aromatic heterocycles. The highest BCUT2D eigenvalue weighted by atomic mass is 16.4. The third kappa shape index (κ3) is 2.35. The predicted molar refractivity (Wildman–Crippen MR) is 65.6 cm³/mol. The third-order valence-corrected chi connectivity index (χ3v) is 3.32. The summed E-state index contributed by atoms with van der Waals surface area (Å²) in [4.78, 5) is 12.8. The van der Waals surface area contributed by atoms with Gasteiger partial charge in [0.25, 0.3) is 0 Å². The smallest absolute Gasteiger partial charge is 0.303 e. The molecule has 0 fully saturated rings. The van der Waals surface area contributed by atoms with E-state index < -0.39 is 5.97 Å². The lowest BCUT2D eigenvalue weighted by Gasteiger charge is -2.16. The van der Waals surface area contributed by atoms with Crippen LogP contribution in [0.25, 0.3) is 0 Å². The molecule has 1 aromatic carbocycles. The molecule has 92 valence electrons. The SMILES string of the molecule is CCN1CC(CCC(=O)O)c2cc(O)ccc21. The minimum atomic E-state index is -0.762. The average Bonchev–Trinajstić information content (AvgIpc) is 2.63. The highest BCUT2D eigenvalue weighted by molar-refractivity contribution is 5.67. The van der Waals surface area contributed by atoms with Crippen molar-refractivity contribution in [1.82, 2.24) is 0 Å². The van der Waals surface area contributed by atoms with Gasteiger partial charge in [0, 0.05) is 31.1 Å². The maximum absolute atomic E-state index is 10.6. The number of carboxylic acid groups (broad SMARTS) is 1. The molecule has 0 bridgehead atoms. The first-order chi connectivity index (χ1) is 8.11. The lowest BCUT2D eigenvalue weighted by atomic mass is 9.96. The van der Waals surface area contributed by atoms with Crippen LogP contribution in [-0.4, -0.2) is 29.3 Å². The molecule has 0 radical (unpaired) electrons. The Hall–Kier alpha value is -1.71. The zero-order valence-electron chi connectivity index (χ0n) is 9.89. The molecular formula is C13H17NO3. The van der Waals surface area contributed by atoms with Gasteiger partial charge in [-0.05, 0) is 37.1 Å². The third-order valence-electron chi connectivity index (χ3n) is 3.32. The lowest BCUT2D eigenvalue weighted by molar-refractivity contribution is -0.137. The maximum Gasteiger partial charge on any atom is 0.303 e. The Labute approximate surface area is 100 Å². The zero-order chi connectivity index (χ0) is 12.4. The van der Waals surface area contributed by atoms with Crippen LogP contribution in [-0.2, 0) is 4.79 Å². The van der Waals surface area contributed by atoms with Gasteiger partial charge in [-0.25, -0.2) is 0 Å². The summed E-state index contributed by atoms with van der Waals surface area (Å²) in [6.45, 7) is 3.83. The normalized spacial score (nSPS) is 18.2. The van der Waals surface area contributed by atoms with Crippen LogP contribution in [0.2, 0.25) is 0 Å². The fourth-order valence-electron chi connectivity index (χ4n) is 2.46. The summed E-state index contributed by atoms with van der Waals surface area (Å²) in [6.07, 6.45) is 0.805. The molecule has 0 aliphatic carbocycles. The van der Waals surface area contributed by atoms with Gasteiger partial charge >= 0.3 is 5.97 Å². The van der Waals surface area contributed by atoms with Crippen LogP contribution in [0.4, 0.5) is 5.69 Å². The van der Waals surface area contributed by atoms with E-state index in [0.29, 0.717) is 6.42 Å². The van der Waals surface area contributed by atoms with Gasteiger partial charge in [-0.3, -0.25) is 4.79 Å². The summed E-state index contributed by atoms with van der Waals surface area (Å²) in [5.41, 5.74) is 2.20. The fraction of sp³-hybridized carbons (Fsp3) is 0.462. The van der Waals surface area contributed by atoms with Crippen LogP contribution in [0.1, 0.15) is 31.2 Å².